The van der Waals surface area contributed by atoms with E-state index >= 15 is 0 Å². The Morgan fingerprint density at radius 3 is 2.76 bits per heavy atom. The largest absolute Gasteiger partial charge is 0.484 e. The molecule has 5 nitrogen and oxygen atoms in total. The maximum atomic E-state index is 12.6. The summed E-state index contributed by atoms with van der Waals surface area (Å²) in [5, 5.41) is 2.30. The number of carbonyl (C=O) groups is 2. The monoisotopic (exact) mass is 314 g/mol. The number of rotatable bonds is 5. The number of likely N-dealkylation sites (tertiary alicyclic amines) is 1. The van der Waals surface area contributed by atoms with Crippen LogP contribution in [0.25, 0.3) is 0 Å². The van der Waals surface area contributed by atoms with Crippen LogP contribution in [0.4, 0.5) is 10.1 Å². The van der Waals surface area contributed by atoms with Crippen molar-refractivity contribution in [3.63, 3.8) is 0 Å². The van der Waals surface area contributed by atoms with Crippen LogP contribution in [0.1, 0.15) is 12.8 Å². The van der Waals surface area contributed by atoms with Crippen LogP contribution in [0.5, 0.6) is 5.75 Å². The summed E-state index contributed by atoms with van der Waals surface area (Å²) in [5.74, 6) is -0.584. The zero-order valence-corrected chi connectivity index (χ0v) is 12.1. The number of halogens is 2. The van der Waals surface area contributed by atoms with Crippen LogP contribution in [0, 0.1) is 0 Å². The fourth-order valence-corrected chi connectivity index (χ4v) is 2.12. The fourth-order valence-electron chi connectivity index (χ4n) is 2.06. The van der Waals surface area contributed by atoms with Crippen molar-refractivity contribution in [3.05, 3.63) is 24.3 Å². The Bertz CT molecular complexity index is 519. The number of ether oxygens (including phenoxy) is 1. The number of nitrogens with zero attached hydrogens (tertiary/aromatic N) is 1. The second-order valence-electron chi connectivity index (χ2n) is 4.69. The summed E-state index contributed by atoms with van der Waals surface area (Å²) >= 11 is 5.03. The first kappa shape index (κ1) is 15.6. The Kier molecular flexibility index (Phi) is 5.38. The standard InChI is InChI=1S/C14H16ClFN2O3/c15-13(16)14(20)17-10-4-3-5-11(8-10)21-9-12(19)18-6-1-2-7-18/h3-5,8,13H,1-2,6-7,9H2,(H,17,20). The van der Waals surface area contributed by atoms with Crippen LogP contribution in [-0.4, -0.2) is 42.0 Å². The average molecular weight is 315 g/mol. The summed E-state index contributed by atoms with van der Waals surface area (Å²) in [4.78, 5) is 24.7. The number of alkyl halides is 2. The number of anilines is 1. The molecule has 0 aliphatic carbocycles. The van der Waals surface area contributed by atoms with Gasteiger partial charge in [-0.05, 0) is 25.0 Å². The third-order valence-electron chi connectivity index (χ3n) is 3.12. The lowest BCUT2D eigenvalue weighted by Crippen LogP contribution is -2.32. The van der Waals surface area contributed by atoms with Gasteiger partial charge in [0, 0.05) is 24.8 Å². The Morgan fingerprint density at radius 2 is 2.10 bits per heavy atom. The van der Waals surface area contributed by atoms with Crippen molar-refractivity contribution >= 4 is 29.1 Å². The number of amides is 2. The van der Waals surface area contributed by atoms with E-state index in [4.69, 9.17) is 16.3 Å². The summed E-state index contributed by atoms with van der Waals surface area (Å²) < 4.78 is 18.0. The summed E-state index contributed by atoms with van der Waals surface area (Å²) in [6, 6.07) is 6.37. The van der Waals surface area contributed by atoms with Gasteiger partial charge >= 0.3 is 0 Å². The highest BCUT2D eigenvalue weighted by molar-refractivity contribution is 6.31. The normalized spacial score (nSPS) is 15.6. The molecule has 2 rings (SSSR count). The maximum absolute atomic E-state index is 12.6. The molecule has 1 N–H and O–H groups in total. The first-order valence-corrected chi connectivity index (χ1v) is 7.09. The molecule has 2 amide bonds. The third kappa shape index (κ3) is 4.60. The summed E-state index contributed by atoms with van der Waals surface area (Å²) in [6.45, 7) is 1.48. The molecular weight excluding hydrogens is 299 g/mol. The zero-order valence-electron chi connectivity index (χ0n) is 11.4. The van der Waals surface area contributed by atoms with Crippen molar-refractivity contribution in [3.8, 4) is 5.75 Å². The smallest absolute Gasteiger partial charge is 0.274 e. The van der Waals surface area contributed by atoms with Crippen molar-refractivity contribution in [1.82, 2.24) is 4.90 Å². The molecule has 21 heavy (non-hydrogen) atoms. The summed E-state index contributed by atoms with van der Waals surface area (Å²) in [7, 11) is 0. The van der Waals surface area contributed by atoms with Gasteiger partial charge in [0.2, 0.25) is 0 Å². The van der Waals surface area contributed by atoms with Gasteiger partial charge in [-0.2, -0.15) is 0 Å². The number of hydrogen-bond acceptors (Lipinski definition) is 3. The predicted octanol–water partition coefficient (Wildman–Crippen LogP) is 2.16. The highest BCUT2D eigenvalue weighted by Gasteiger charge is 2.18. The van der Waals surface area contributed by atoms with E-state index in [1.165, 1.54) is 6.07 Å². The Balaban J connectivity index is 1.88. The van der Waals surface area contributed by atoms with E-state index < -0.39 is 11.5 Å². The van der Waals surface area contributed by atoms with Gasteiger partial charge in [0.05, 0.1) is 0 Å². The van der Waals surface area contributed by atoms with Gasteiger partial charge in [-0.3, -0.25) is 9.59 Å². The van der Waals surface area contributed by atoms with Crippen molar-refractivity contribution < 1.29 is 18.7 Å². The molecule has 0 saturated carbocycles. The van der Waals surface area contributed by atoms with Crippen LogP contribution in [0.15, 0.2) is 24.3 Å². The highest BCUT2D eigenvalue weighted by Crippen LogP contribution is 2.18. The van der Waals surface area contributed by atoms with Gasteiger partial charge in [-0.1, -0.05) is 17.7 Å². The lowest BCUT2D eigenvalue weighted by Gasteiger charge is -2.15. The van der Waals surface area contributed by atoms with Crippen LogP contribution >= 0.6 is 11.6 Å². The molecule has 0 spiro atoms. The lowest BCUT2D eigenvalue weighted by atomic mass is 10.3. The van der Waals surface area contributed by atoms with E-state index in [1.54, 1.807) is 23.1 Å². The molecule has 1 atom stereocenters. The number of hydrogen-bond donors (Lipinski definition) is 1. The first-order valence-electron chi connectivity index (χ1n) is 6.66. The van der Waals surface area contributed by atoms with Gasteiger partial charge in [0.25, 0.3) is 17.4 Å². The van der Waals surface area contributed by atoms with Crippen molar-refractivity contribution in [2.75, 3.05) is 25.0 Å². The molecule has 1 aliphatic rings. The molecule has 0 bridgehead atoms. The van der Waals surface area contributed by atoms with Gasteiger partial charge in [0.1, 0.15) is 5.75 Å². The molecular formula is C14H16ClFN2O3. The number of benzene rings is 1. The molecule has 1 aliphatic heterocycles. The molecule has 1 heterocycles. The van der Waals surface area contributed by atoms with E-state index in [2.05, 4.69) is 5.32 Å². The maximum Gasteiger partial charge on any atom is 0.274 e. The molecule has 1 saturated heterocycles. The molecule has 0 radical (unpaired) electrons. The zero-order chi connectivity index (χ0) is 15.2. The van der Waals surface area contributed by atoms with Gasteiger partial charge < -0.3 is 15.0 Å². The highest BCUT2D eigenvalue weighted by atomic mass is 35.5. The molecule has 1 aromatic carbocycles. The summed E-state index contributed by atoms with van der Waals surface area (Å²) in [6.07, 6.45) is 2.05. The van der Waals surface area contributed by atoms with Crippen LogP contribution in [0.2, 0.25) is 0 Å². The molecule has 7 heteroatoms. The topological polar surface area (TPSA) is 58.6 Å². The fraction of sp³-hybridized carbons (Fsp3) is 0.429. The minimum Gasteiger partial charge on any atom is -0.484 e. The van der Waals surface area contributed by atoms with Crippen molar-refractivity contribution in [2.24, 2.45) is 0 Å². The van der Waals surface area contributed by atoms with E-state index in [0.717, 1.165) is 25.9 Å². The number of nitrogens with one attached hydrogen (secondary N) is 1. The second kappa shape index (κ2) is 7.26. The van der Waals surface area contributed by atoms with E-state index in [9.17, 15) is 14.0 Å². The molecule has 0 aromatic heterocycles. The van der Waals surface area contributed by atoms with E-state index in [1.807, 2.05) is 0 Å². The van der Waals surface area contributed by atoms with Gasteiger partial charge in [-0.25, -0.2) is 4.39 Å². The van der Waals surface area contributed by atoms with Crippen LogP contribution < -0.4 is 10.1 Å². The molecule has 1 unspecified atom stereocenters. The third-order valence-corrected chi connectivity index (χ3v) is 3.32. The molecule has 114 valence electrons. The van der Waals surface area contributed by atoms with Gasteiger partial charge in [-0.15, -0.1) is 0 Å². The summed E-state index contributed by atoms with van der Waals surface area (Å²) in [5.41, 5.74) is -1.75. The van der Waals surface area contributed by atoms with Crippen LogP contribution in [0.3, 0.4) is 0 Å². The van der Waals surface area contributed by atoms with Gasteiger partial charge in [0.15, 0.2) is 6.61 Å². The van der Waals surface area contributed by atoms with E-state index in [-0.39, 0.29) is 12.5 Å². The van der Waals surface area contributed by atoms with E-state index in [0.29, 0.717) is 11.4 Å². The lowest BCUT2D eigenvalue weighted by molar-refractivity contribution is -0.132. The quantitative estimate of drug-likeness (QED) is 0.847. The van der Waals surface area contributed by atoms with Crippen molar-refractivity contribution in [1.29, 1.82) is 0 Å². The SMILES string of the molecule is O=C(Nc1cccc(OCC(=O)N2CCCC2)c1)C(F)Cl. The minimum absolute atomic E-state index is 0.0569. The minimum atomic E-state index is -2.11. The number of carbonyl (C=O) groups excluding carboxylic acids is 2. The van der Waals surface area contributed by atoms with Crippen LogP contribution in [-0.2, 0) is 9.59 Å². The molecule has 1 aromatic rings. The average Bonchev–Trinajstić information content (AvgIpc) is 2.99. The predicted molar refractivity (Wildman–Crippen MR) is 77.1 cm³/mol. The molecule has 1 fully saturated rings. The first-order chi connectivity index (χ1) is 10.1. The van der Waals surface area contributed by atoms with Crippen molar-refractivity contribution in [2.45, 2.75) is 18.5 Å². The Hall–Kier alpha value is -1.82. The Morgan fingerprint density at radius 1 is 1.38 bits per heavy atom. The second-order valence-corrected chi connectivity index (χ2v) is 5.08. The Labute approximate surface area is 127 Å².